The summed E-state index contributed by atoms with van der Waals surface area (Å²) in [5.74, 6) is 0. The Morgan fingerprint density at radius 2 is 1.27 bits per heavy atom. The van der Waals surface area contributed by atoms with Crippen molar-refractivity contribution in [2.45, 2.75) is 13.8 Å². The van der Waals surface area contributed by atoms with Gasteiger partial charge in [0.2, 0.25) is 0 Å². The van der Waals surface area contributed by atoms with E-state index < -0.39 is 23.5 Å². The summed E-state index contributed by atoms with van der Waals surface area (Å²) in [6, 6.07) is 0. The smallest absolute Gasteiger partial charge is 0.358 e. The monoisotopic (exact) mass is 471 g/mol. The third-order valence-corrected chi connectivity index (χ3v) is 5.35. The molecule has 0 saturated carbocycles. The molecule has 0 rings (SSSR count). The van der Waals surface area contributed by atoms with Crippen molar-refractivity contribution in [1.29, 1.82) is 0 Å². The van der Waals surface area contributed by atoms with E-state index in [-0.39, 0.29) is 19.5 Å². The van der Waals surface area contributed by atoms with Crippen molar-refractivity contribution >= 4 is 52.6 Å². The van der Waals surface area contributed by atoms with Gasteiger partial charge < -0.3 is 29.4 Å². The molecule has 0 spiro atoms. The van der Waals surface area contributed by atoms with Gasteiger partial charge in [-0.05, 0) is 13.8 Å². The van der Waals surface area contributed by atoms with Crippen LogP contribution in [-0.4, -0.2) is 46.8 Å². The molecule has 5 N–H and O–H groups in total. The van der Waals surface area contributed by atoms with Crippen molar-refractivity contribution < 1.29 is 66.3 Å². The molecule has 0 aliphatic carbocycles. The summed E-state index contributed by atoms with van der Waals surface area (Å²) in [7, 11) is -16.2. The Morgan fingerprint density at radius 1 is 1.00 bits per heavy atom. The molecule has 0 fully saturated rings. The van der Waals surface area contributed by atoms with E-state index in [1.54, 1.807) is 0 Å². The normalized spacial score (nSPS) is 11.8. The van der Waals surface area contributed by atoms with E-state index in [9.17, 15) is 13.7 Å². The summed E-state index contributed by atoms with van der Waals surface area (Å²) < 4.78 is 37.1. The van der Waals surface area contributed by atoms with Crippen LogP contribution in [0.3, 0.4) is 0 Å². The molecule has 0 atom stereocenters. The third-order valence-electron chi connectivity index (χ3n) is 1.45. The molecule has 0 amide bonds. The Morgan fingerprint density at radius 3 is 1.36 bits per heavy atom. The largest absolute Gasteiger partial charge is 0.490 e. The van der Waals surface area contributed by atoms with Crippen LogP contribution in [0.2, 0.25) is 0 Å². The van der Waals surface area contributed by atoms with Crippen LogP contribution in [-0.2, 0) is 41.8 Å². The molecule has 130 valence electrons. The number of hydrogen-bond donors (Lipinski definition) is 6. The van der Waals surface area contributed by atoms with Crippen molar-refractivity contribution in [1.82, 2.24) is 4.90 Å². The fourth-order valence-electron chi connectivity index (χ4n) is 0.778. The van der Waals surface area contributed by atoms with Gasteiger partial charge in [0, 0.05) is 32.6 Å². The van der Waals surface area contributed by atoms with Crippen LogP contribution in [0.15, 0.2) is 0 Å². The standard InChI is InChI=1S/C5H11NS2.H5O10P3.Zn/c1-3-6(4-2)5(7)8;1-11(2,3)9-13(7,8)10-12(4,5)6;/h3-4H2,1-2H3,(H,7,8);(H,7,8)(H2,1,2,3)(H2,4,5,6);. The maximum Gasteiger partial charge on any atom is 0.490 e. The number of phosphoric acid groups is 3. The maximum atomic E-state index is 10.4. The van der Waals surface area contributed by atoms with Gasteiger partial charge >= 0.3 is 23.5 Å². The Labute approximate surface area is 150 Å². The second-order valence-electron chi connectivity index (χ2n) is 3.07. The Bertz CT molecular complexity index is 447. The first-order valence-corrected chi connectivity index (χ1v) is 10.4. The van der Waals surface area contributed by atoms with Gasteiger partial charge in [-0.2, -0.15) is 8.62 Å². The second kappa shape index (κ2) is 11.8. The fourth-order valence-corrected chi connectivity index (χ4v) is 3.86. The van der Waals surface area contributed by atoms with E-state index in [1.165, 1.54) is 0 Å². The molecule has 0 aliphatic rings. The van der Waals surface area contributed by atoms with Crippen LogP contribution >= 0.6 is 48.3 Å². The van der Waals surface area contributed by atoms with Gasteiger partial charge in [-0.1, -0.05) is 12.2 Å². The molecule has 0 aromatic rings. The molecule has 0 aromatic heterocycles. The van der Waals surface area contributed by atoms with Crippen molar-refractivity contribution in [2.75, 3.05) is 13.1 Å². The van der Waals surface area contributed by atoms with Gasteiger partial charge in [0.15, 0.2) is 0 Å². The van der Waals surface area contributed by atoms with Gasteiger partial charge in [0.05, 0.1) is 0 Å². The summed E-state index contributed by atoms with van der Waals surface area (Å²) >= 11 is 8.82. The van der Waals surface area contributed by atoms with E-state index in [0.29, 0.717) is 4.32 Å². The zero-order chi connectivity index (χ0) is 17.5. The van der Waals surface area contributed by atoms with Gasteiger partial charge in [0.1, 0.15) is 4.32 Å². The summed E-state index contributed by atoms with van der Waals surface area (Å²) in [5.41, 5.74) is 0. The van der Waals surface area contributed by atoms with Crippen LogP contribution < -0.4 is 0 Å². The quantitative estimate of drug-likeness (QED) is 0.139. The molecule has 11 nitrogen and oxygen atoms in total. The minimum Gasteiger partial charge on any atom is -0.358 e. The average molecular weight is 473 g/mol. The van der Waals surface area contributed by atoms with Gasteiger partial charge in [-0.15, -0.1) is 12.6 Å². The average Bonchev–Trinajstić information content (AvgIpc) is 2.10. The molecule has 0 radical (unpaired) electrons. The number of hydrogen-bond acceptors (Lipinski definition) is 6. The first-order chi connectivity index (χ1) is 9.13. The first kappa shape index (κ1) is 28.1. The van der Waals surface area contributed by atoms with Crippen molar-refractivity contribution in [2.24, 2.45) is 0 Å². The molecule has 0 aromatic carbocycles. The fraction of sp³-hybridized carbons (Fsp3) is 0.800. The van der Waals surface area contributed by atoms with Crippen LogP contribution in [0.25, 0.3) is 0 Å². The van der Waals surface area contributed by atoms with Crippen molar-refractivity contribution in [3.8, 4) is 0 Å². The Balaban J connectivity index is -0.000000348. The summed E-state index contributed by atoms with van der Waals surface area (Å²) in [6.45, 7) is 6.04. The minimum absolute atomic E-state index is 0. The third kappa shape index (κ3) is 19.3. The molecular formula is C5H16NO10P3S2Zn. The molecule has 17 heteroatoms. The molecule has 22 heavy (non-hydrogen) atoms. The molecular weight excluding hydrogens is 456 g/mol. The Kier molecular flexibility index (Phi) is 15.0. The van der Waals surface area contributed by atoms with Gasteiger partial charge in [0.25, 0.3) is 0 Å². The number of rotatable bonds is 6. The molecule has 0 bridgehead atoms. The van der Waals surface area contributed by atoms with E-state index in [2.05, 4.69) is 35.1 Å². The summed E-state index contributed by atoms with van der Waals surface area (Å²) in [6.07, 6.45) is 0. The molecule has 0 saturated heterocycles. The zero-order valence-electron chi connectivity index (χ0n) is 11.5. The Hall–Kier alpha value is 1.27. The second-order valence-corrected chi connectivity index (χ2v) is 8.39. The predicted octanol–water partition coefficient (Wildman–Crippen LogP) is 0.846. The molecule has 0 heterocycles. The maximum absolute atomic E-state index is 10.4. The van der Waals surface area contributed by atoms with Gasteiger partial charge in [-0.25, -0.2) is 13.7 Å². The predicted molar refractivity (Wildman–Crippen MR) is 80.6 cm³/mol. The number of thiol groups is 1. The van der Waals surface area contributed by atoms with Crippen LogP contribution in [0, 0.1) is 0 Å². The van der Waals surface area contributed by atoms with Crippen LogP contribution in [0.1, 0.15) is 13.8 Å². The van der Waals surface area contributed by atoms with E-state index in [0.717, 1.165) is 13.1 Å². The van der Waals surface area contributed by atoms with E-state index in [4.69, 9.17) is 36.7 Å². The van der Waals surface area contributed by atoms with Crippen LogP contribution in [0.5, 0.6) is 0 Å². The minimum atomic E-state index is -5.46. The topological polar surface area (TPSA) is 174 Å². The molecule has 0 unspecified atom stereocenters. The van der Waals surface area contributed by atoms with Crippen LogP contribution in [0.4, 0.5) is 0 Å². The van der Waals surface area contributed by atoms with E-state index in [1.807, 2.05) is 4.90 Å². The first-order valence-electron chi connectivity index (χ1n) is 4.98. The van der Waals surface area contributed by atoms with Crippen molar-refractivity contribution in [3.63, 3.8) is 0 Å². The van der Waals surface area contributed by atoms with Crippen molar-refractivity contribution in [3.05, 3.63) is 0 Å². The number of thiocarbonyl (C=S) groups is 1. The summed E-state index contributed by atoms with van der Waals surface area (Å²) in [5, 5.41) is 0. The van der Waals surface area contributed by atoms with Gasteiger partial charge in [-0.3, -0.25) is 0 Å². The number of nitrogens with zero attached hydrogens (tertiary/aromatic N) is 1. The molecule has 0 aliphatic heterocycles. The van der Waals surface area contributed by atoms with E-state index >= 15 is 0 Å². The SMILES string of the molecule is CCN(CC)C(=S)S.O=P(O)(O)OP(=O)(O)OP(=O)(O)O.[Zn]. The summed E-state index contributed by atoms with van der Waals surface area (Å²) in [4.78, 5) is 42.2. The zero-order valence-corrected chi connectivity index (χ0v) is 18.9.